The van der Waals surface area contributed by atoms with Crippen LogP contribution in [0.4, 0.5) is 0 Å². The van der Waals surface area contributed by atoms with E-state index in [2.05, 4.69) is 125 Å². The molecule has 2 aliphatic rings. The summed E-state index contributed by atoms with van der Waals surface area (Å²) in [5.41, 5.74) is 13.8. The summed E-state index contributed by atoms with van der Waals surface area (Å²) < 4.78 is 0. The van der Waals surface area contributed by atoms with Gasteiger partial charge in [0.05, 0.1) is 0 Å². The lowest BCUT2D eigenvalue weighted by Gasteiger charge is -2.11. The third kappa shape index (κ3) is 4.64. The van der Waals surface area contributed by atoms with E-state index in [-0.39, 0.29) is 0 Å². The van der Waals surface area contributed by atoms with Crippen LogP contribution in [-0.2, 0) is 0 Å². The predicted molar refractivity (Wildman–Crippen MR) is 149 cm³/mol. The minimum atomic E-state index is 0.572. The molecule has 0 fully saturated rings. The summed E-state index contributed by atoms with van der Waals surface area (Å²) in [6.45, 7) is 8.99. The summed E-state index contributed by atoms with van der Waals surface area (Å²) >= 11 is 0. The van der Waals surface area contributed by atoms with Crippen LogP contribution in [0.1, 0.15) is 85.8 Å². The van der Waals surface area contributed by atoms with Gasteiger partial charge in [-0.05, 0) is 86.4 Å². The maximum Gasteiger partial charge on any atom is -0.00139 e. The van der Waals surface area contributed by atoms with Crippen LogP contribution >= 0.6 is 0 Å². The molecule has 0 unspecified atom stereocenters. The Morgan fingerprint density at radius 1 is 0.441 bits per heavy atom. The first kappa shape index (κ1) is 22.4. The maximum absolute atomic E-state index is 2.37. The minimum absolute atomic E-state index is 0.572. The second kappa shape index (κ2) is 9.47. The molecular formula is C34H34. The van der Waals surface area contributed by atoms with Crippen LogP contribution in [0, 0.1) is 0 Å². The molecule has 0 spiro atoms. The van der Waals surface area contributed by atoms with E-state index in [1.165, 1.54) is 55.7 Å². The lowest BCUT2D eigenvalue weighted by molar-refractivity contribution is 0.866. The Labute approximate surface area is 205 Å². The summed E-state index contributed by atoms with van der Waals surface area (Å²) in [4.78, 5) is 0. The normalized spacial score (nSPS) is 15.5. The summed E-state index contributed by atoms with van der Waals surface area (Å²) in [6.07, 6.45) is 11.2. The highest BCUT2D eigenvalue weighted by atomic mass is 14.2. The Kier molecular flexibility index (Phi) is 6.24. The predicted octanol–water partition coefficient (Wildman–Crippen LogP) is 9.67. The van der Waals surface area contributed by atoms with Crippen molar-refractivity contribution in [2.24, 2.45) is 0 Å². The van der Waals surface area contributed by atoms with E-state index in [4.69, 9.17) is 0 Å². The molecule has 0 nitrogen and oxygen atoms in total. The van der Waals surface area contributed by atoms with E-state index in [1.54, 1.807) is 0 Å². The molecule has 3 aromatic rings. The third-order valence-electron chi connectivity index (χ3n) is 7.23. The summed E-state index contributed by atoms with van der Waals surface area (Å²) in [5.74, 6) is 1.14. The molecule has 170 valence electrons. The monoisotopic (exact) mass is 442 g/mol. The smallest absolute Gasteiger partial charge is 0.00139 e. The Balaban J connectivity index is 1.26. The average molecular weight is 443 g/mol. The molecular weight excluding hydrogens is 408 g/mol. The fraction of sp³-hybridized carbons (Fsp3) is 0.235. The van der Waals surface area contributed by atoms with E-state index in [9.17, 15) is 0 Å². The van der Waals surface area contributed by atoms with Crippen LogP contribution in [0.15, 0.2) is 97.1 Å². The summed E-state index contributed by atoms with van der Waals surface area (Å²) in [5, 5.41) is 0. The van der Waals surface area contributed by atoms with Gasteiger partial charge in [-0.1, -0.05) is 119 Å². The van der Waals surface area contributed by atoms with Gasteiger partial charge in [-0.3, -0.25) is 0 Å². The Morgan fingerprint density at radius 3 is 1.15 bits per heavy atom. The molecule has 2 aliphatic carbocycles. The number of rotatable bonds is 6. The van der Waals surface area contributed by atoms with Crippen molar-refractivity contribution >= 4 is 22.3 Å². The second-order valence-electron chi connectivity index (χ2n) is 10.3. The Bertz CT molecular complexity index is 1200. The van der Waals surface area contributed by atoms with Gasteiger partial charge < -0.3 is 0 Å². The van der Waals surface area contributed by atoms with Crippen LogP contribution in [0.3, 0.4) is 0 Å². The average Bonchev–Trinajstić information content (AvgIpc) is 3.55. The maximum atomic E-state index is 2.37. The highest BCUT2D eigenvalue weighted by molar-refractivity contribution is 5.90. The lowest BCUT2D eigenvalue weighted by atomic mass is 9.93. The zero-order valence-electron chi connectivity index (χ0n) is 20.8. The molecule has 5 rings (SSSR count). The fourth-order valence-electron chi connectivity index (χ4n) is 4.92. The number of hydrogen-bond donors (Lipinski definition) is 0. The molecule has 0 amide bonds. The molecule has 0 bridgehead atoms. The van der Waals surface area contributed by atoms with Gasteiger partial charge in [0.15, 0.2) is 0 Å². The molecule has 0 atom stereocenters. The van der Waals surface area contributed by atoms with Crippen LogP contribution in [0.5, 0.6) is 0 Å². The fourth-order valence-corrected chi connectivity index (χ4v) is 4.92. The van der Waals surface area contributed by atoms with Crippen LogP contribution < -0.4 is 0 Å². The van der Waals surface area contributed by atoms with Gasteiger partial charge in [-0.2, -0.15) is 0 Å². The first-order valence-corrected chi connectivity index (χ1v) is 12.6. The van der Waals surface area contributed by atoms with Crippen molar-refractivity contribution < 1.29 is 0 Å². The zero-order chi connectivity index (χ0) is 23.7. The molecule has 0 heteroatoms. The van der Waals surface area contributed by atoms with Gasteiger partial charge in [-0.25, -0.2) is 0 Å². The van der Waals surface area contributed by atoms with E-state index >= 15 is 0 Å². The SMILES string of the molecule is CC(C)c1ccc(C2=CC=C(c3cccc(C4=CC=C(c5ccc(C(C)C)cc5)C4)c3)C2)cc1. The van der Waals surface area contributed by atoms with Crippen LogP contribution in [0.25, 0.3) is 22.3 Å². The quantitative estimate of drug-likeness (QED) is 0.356. The van der Waals surface area contributed by atoms with E-state index in [0.717, 1.165) is 12.8 Å². The van der Waals surface area contributed by atoms with Crippen molar-refractivity contribution in [3.63, 3.8) is 0 Å². The van der Waals surface area contributed by atoms with E-state index < -0.39 is 0 Å². The van der Waals surface area contributed by atoms with Crippen LogP contribution in [0.2, 0.25) is 0 Å². The first-order valence-electron chi connectivity index (χ1n) is 12.6. The molecule has 34 heavy (non-hydrogen) atoms. The van der Waals surface area contributed by atoms with Gasteiger partial charge in [0.25, 0.3) is 0 Å². The van der Waals surface area contributed by atoms with Crippen molar-refractivity contribution in [1.29, 1.82) is 0 Å². The van der Waals surface area contributed by atoms with E-state index in [1.807, 2.05) is 0 Å². The lowest BCUT2D eigenvalue weighted by Crippen LogP contribution is -1.91. The number of benzene rings is 3. The van der Waals surface area contributed by atoms with Gasteiger partial charge >= 0.3 is 0 Å². The highest BCUT2D eigenvalue weighted by Crippen LogP contribution is 2.38. The summed E-state index contributed by atoms with van der Waals surface area (Å²) in [6, 6.07) is 27.3. The third-order valence-corrected chi connectivity index (χ3v) is 7.23. The largest absolute Gasteiger partial charge is 0.0611 e. The first-order chi connectivity index (χ1) is 16.5. The molecule has 3 aromatic carbocycles. The van der Waals surface area contributed by atoms with E-state index in [0.29, 0.717) is 11.8 Å². The van der Waals surface area contributed by atoms with Crippen LogP contribution in [-0.4, -0.2) is 0 Å². The molecule has 0 saturated heterocycles. The number of allylic oxidation sites excluding steroid dienone is 8. The molecule has 0 radical (unpaired) electrons. The minimum Gasteiger partial charge on any atom is -0.0611 e. The Hall–Kier alpha value is -3.38. The van der Waals surface area contributed by atoms with Gasteiger partial charge in [0, 0.05) is 0 Å². The van der Waals surface area contributed by atoms with Gasteiger partial charge in [0.1, 0.15) is 0 Å². The highest BCUT2D eigenvalue weighted by Gasteiger charge is 2.16. The summed E-state index contributed by atoms with van der Waals surface area (Å²) in [7, 11) is 0. The van der Waals surface area contributed by atoms with Gasteiger partial charge in [0.2, 0.25) is 0 Å². The van der Waals surface area contributed by atoms with Gasteiger partial charge in [-0.15, -0.1) is 0 Å². The van der Waals surface area contributed by atoms with Crippen molar-refractivity contribution in [2.75, 3.05) is 0 Å². The molecule has 0 saturated carbocycles. The molecule has 0 heterocycles. The van der Waals surface area contributed by atoms with Crippen molar-refractivity contribution in [2.45, 2.75) is 52.4 Å². The Morgan fingerprint density at radius 2 is 0.794 bits per heavy atom. The molecule has 0 aliphatic heterocycles. The topological polar surface area (TPSA) is 0 Å². The zero-order valence-corrected chi connectivity index (χ0v) is 20.8. The molecule has 0 aromatic heterocycles. The molecule has 0 N–H and O–H groups in total. The standard InChI is InChI=1S/C34H34/c1-23(2)25-8-12-27(13-9-25)31-16-18-33(21-31)29-6-5-7-30(20-29)34-19-17-32(22-34)28-14-10-26(11-15-28)24(3)4/h5-20,23-24H,21-22H2,1-4H3. The number of hydrogen-bond acceptors (Lipinski definition) is 0. The van der Waals surface area contributed by atoms with Crippen molar-refractivity contribution in [3.8, 4) is 0 Å². The second-order valence-corrected chi connectivity index (χ2v) is 10.3. The van der Waals surface area contributed by atoms with Crippen molar-refractivity contribution in [1.82, 2.24) is 0 Å². The van der Waals surface area contributed by atoms with Crippen molar-refractivity contribution in [3.05, 3.63) is 130 Å².